The fraction of sp³-hybridized carbons (Fsp3) is 0.812. The summed E-state index contributed by atoms with van der Waals surface area (Å²) in [4.78, 5) is 2.74. The number of aryl methyl sites for hydroxylation is 1. The van der Waals surface area contributed by atoms with Crippen molar-refractivity contribution in [2.45, 2.75) is 57.8 Å². The van der Waals surface area contributed by atoms with Gasteiger partial charge >= 0.3 is 0 Å². The Hall–Kier alpha value is -0.870. The van der Waals surface area contributed by atoms with Gasteiger partial charge in [0, 0.05) is 50.0 Å². The second-order valence-corrected chi connectivity index (χ2v) is 6.89. The van der Waals surface area contributed by atoms with Gasteiger partial charge in [-0.1, -0.05) is 0 Å². The molecule has 2 saturated carbocycles. The molecule has 4 rings (SSSR count). The highest BCUT2D eigenvalue weighted by atomic mass is 15.3. The van der Waals surface area contributed by atoms with Gasteiger partial charge < -0.3 is 5.32 Å². The van der Waals surface area contributed by atoms with Crippen LogP contribution in [-0.2, 0) is 13.1 Å². The standard InChI is InChI=1S/C16H26N4/c1-2-20-10-12(7-18-20)9-19-11-15(13-3-4-13)17-8-16(19)14-5-6-14/h7,10,13-17H,2-6,8-9,11H2,1H3. The fourth-order valence-electron chi connectivity index (χ4n) is 3.69. The molecule has 0 radical (unpaired) electrons. The van der Waals surface area contributed by atoms with Crippen molar-refractivity contribution in [3.63, 3.8) is 0 Å². The van der Waals surface area contributed by atoms with Crippen LogP contribution in [0.15, 0.2) is 12.4 Å². The lowest BCUT2D eigenvalue weighted by Crippen LogP contribution is -2.57. The Bertz CT molecular complexity index is 461. The van der Waals surface area contributed by atoms with Crippen LogP contribution in [0.4, 0.5) is 0 Å². The molecule has 0 aromatic carbocycles. The Balaban J connectivity index is 1.45. The quantitative estimate of drug-likeness (QED) is 0.890. The van der Waals surface area contributed by atoms with Crippen LogP contribution in [0.2, 0.25) is 0 Å². The van der Waals surface area contributed by atoms with Gasteiger partial charge in [-0.05, 0) is 44.4 Å². The highest BCUT2D eigenvalue weighted by Crippen LogP contribution is 2.40. The van der Waals surface area contributed by atoms with Crippen LogP contribution in [0.25, 0.3) is 0 Å². The number of rotatable bonds is 5. The summed E-state index contributed by atoms with van der Waals surface area (Å²) in [6.45, 7) is 6.65. The highest BCUT2D eigenvalue weighted by molar-refractivity contribution is 5.07. The monoisotopic (exact) mass is 274 g/mol. The Labute approximate surface area is 121 Å². The second-order valence-electron chi connectivity index (χ2n) is 6.89. The Morgan fingerprint density at radius 3 is 2.70 bits per heavy atom. The molecule has 0 amide bonds. The molecule has 3 aliphatic rings. The molecular weight excluding hydrogens is 248 g/mol. The summed E-state index contributed by atoms with van der Waals surface area (Å²) in [7, 11) is 0. The van der Waals surface area contributed by atoms with Crippen LogP contribution >= 0.6 is 0 Å². The highest BCUT2D eigenvalue weighted by Gasteiger charge is 2.42. The van der Waals surface area contributed by atoms with Crippen LogP contribution < -0.4 is 5.32 Å². The van der Waals surface area contributed by atoms with E-state index in [-0.39, 0.29) is 0 Å². The minimum atomic E-state index is 0.742. The third kappa shape index (κ3) is 2.63. The SMILES string of the molecule is CCn1cc(CN2CC(C3CC3)NCC2C2CC2)cn1. The summed E-state index contributed by atoms with van der Waals surface area (Å²) in [6, 6.07) is 1.50. The first-order valence-electron chi connectivity index (χ1n) is 8.32. The molecule has 1 aliphatic heterocycles. The van der Waals surface area contributed by atoms with Gasteiger partial charge in [-0.2, -0.15) is 5.10 Å². The number of nitrogens with zero attached hydrogens (tertiary/aromatic N) is 3. The predicted octanol–water partition coefficient (Wildman–Crippen LogP) is 1.87. The van der Waals surface area contributed by atoms with E-state index >= 15 is 0 Å². The zero-order valence-electron chi connectivity index (χ0n) is 12.5. The van der Waals surface area contributed by atoms with E-state index in [1.807, 2.05) is 4.68 Å². The maximum Gasteiger partial charge on any atom is 0.0534 e. The van der Waals surface area contributed by atoms with Gasteiger partial charge in [-0.25, -0.2) is 0 Å². The summed E-state index contributed by atoms with van der Waals surface area (Å²) in [5.74, 6) is 1.90. The molecule has 2 heterocycles. The molecule has 4 nitrogen and oxygen atoms in total. The van der Waals surface area contributed by atoms with E-state index in [1.54, 1.807) is 0 Å². The number of hydrogen-bond acceptors (Lipinski definition) is 3. The predicted molar refractivity (Wildman–Crippen MR) is 79.3 cm³/mol. The summed E-state index contributed by atoms with van der Waals surface area (Å²) < 4.78 is 2.04. The maximum atomic E-state index is 4.43. The van der Waals surface area contributed by atoms with Gasteiger partial charge in [0.1, 0.15) is 0 Å². The Kier molecular flexibility index (Phi) is 3.31. The average molecular weight is 274 g/mol. The molecular formula is C16H26N4. The molecule has 1 aromatic rings. The minimum Gasteiger partial charge on any atom is -0.311 e. The molecule has 0 bridgehead atoms. The largest absolute Gasteiger partial charge is 0.311 e. The Morgan fingerprint density at radius 2 is 2.05 bits per heavy atom. The number of piperazine rings is 1. The summed E-state index contributed by atoms with van der Waals surface area (Å²) >= 11 is 0. The second kappa shape index (κ2) is 5.15. The van der Waals surface area contributed by atoms with Crippen LogP contribution in [-0.4, -0.2) is 39.9 Å². The smallest absolute Gasteiger partial charge is 0.0534 e. The third-order valence-electron chi connectivity index (χ3n) is 5.24. The third-order valence-corrected chi connectivity index (χ3v) is 5.24. The van der Waals surface area contributed by atoms with Gasteiger partial charge in [-0.15, -0.1) is 0 Å². The molecule has 2 aliphatic carbocycles. The topological polar surface area (TPSA) is 33.1 Å². The summed E-state index contributed by atoms with van der Waals surface area (Å²) in [5.41, 5.74) is 1.38. The van der Waals surface area contributed by atoms with Crippen molar-refractivity contribution < 1.29 is 0 Å². The van der Waals surface area contributed by atoms with E-state index in [4.69, 9.17) is 0 Å². The van der Waals surface area contributed by atoms with Crippen molar-refractivity contribution in [3.05, 3.63) is 18.0 Å². The summed E-state index contributed by atoms with van der Waals surface area (Å²) in [5, 5.41) is 8.25. The van der Waals surface area contributed by atoms with Crippen LogP contribution in [0, 0.1) is 11.8 Å². The first-order valence-corrected chi connectivity index (χ1v) is 8.32. The van der Waals surface area contributed by atoms with E-state index < -0.39 is 0 Å². The Morgan fingerprint density at radius 1 is 1.25 bits per heavy atom. The number of aromatic nitrogens is 2. The lowest BCUT2D eigenvalue weighted by atomic mass is 10.0. The van der Waals surface area contributed by atoms with E-state index in [2.05, 4.69) is 34.6 Å². The first-order chi connectivity index (χ1) is 9.83. The lowest BCUT2D eigenvalue weighted by Gasteiger charge is -2.41. The van der Waals surface area contributed by atoms with E-state index in [0.717, 1.165) is 37.0 Å². The lowest BCUT2D eigenvalue weighted by molar-refractivity contribution is 0.100. The number of nitrogens with one attached hydrogen (secondary N) is 1. The first kappa shape index (κ1) is 12.8. The summed E-state index contributed by atoms with van der Waals surface area (Å²) in [6.07, 6.45) is 10.0. The van der Waals surface area contributed by atoms with E-state index in [9.17, 15) is 0 Å². The molecule has 20 heavy (non-hydrogen) atoms. The van der Waals surface area contributed by atoms with Crippen LogP contribution in [0.1, 0.15) is 38.2 Å². The zero-order chi connectivity index (χ0) is 13.5. The van der Waals surface area contributed by atoms with Crippen LogP contribution in [0.3, 0.4) is 0 Å². The molecule has 0 spiro atoms. The molecule has 4 heteroatoms. The molecule has 1 N–H and O–H groups in total. The fourth-order valence-corrected chi connectivity index (χ4v) is 3.69. The van der Waals surface area contributed by atoms with E-state index in [0.29, 0.717) is 0 Å². The normalized spacial score (nSPS) is 31.6. The average Bonchev–Trinajstić information content (AvgIpc) is 3.36. The maximum absolute atomic E-state index is 4.43. The van der Waals surface area contributed by atoms with Crippen molar-refractivity contribution in [1.29, 1.82) is 0 Å². The minimum absolute atomic E-state index is 0.742. The van der Waals surface area contributed by atoms with Gasteiger partial charge in [0.15, 0.2) is 0 Å². The van der Waals surface area contributed by atoms with Crippen molar-refractivity contribution in [1.82, 2.24) is 20.0 Å². The molecule has 2 unspecified atom stereocenters. The van der Waals surface area contributed by atoms with Crippen LogP contribution in [0.5, 0.6) is 0 Å². The van der Waals surface area contributed by atoms with Gasteiger partial charge in [-0.3, -0.25) is 9.58 Å². The molecule has 3 fully saturated rings. The number of hydrogen-bond donors (Lipinski definition) is 1. The van der Waals surface area contributed by atoms with Crippen molar-refractivity contribution >= 4 is 0 Å². The van der Waals surface area contributed by atoms with Gasteiger partial charge in [0.2, 0.25) is 0 Å². The van der Waals surface area contributed by atoms with Gasteiger partial charge in [0.05, 0.1) is 6.20 Å². The van der Waals surface area contributed by atoms with Crippen molar-refractivity contribution in [3.8, 4) is 0 Å². The molecule has 2 atom stereocenters. The van der Waals surface area contributed by atoms with Crippen molar-refractivity contribution in [2.75, 3.05) is 13.1 Å². The molecule has 1 saturated heterocycles. The molecule has 1 aromatic heterocycles. The van der Waals surface area contributed by atoms with E-state index in [1.165, 1.54) is 44.3 Å². The zero-order valence-corrected chi connectivity index (χ0v) is 12.5. The molecule has 110 valence electrons. The van der Waals surface area contributed by atoms with Crippen molar-refractivity contribution in [2.24, 2.45) is 11.8 Å². The van der Waals surface area contributed by atoms with Gasteiger partial charge in [0.25, 0.3) is 0 Å².